The highest BCUT2D eigenvalue weighted by atomic mass is 35.5. The average molecular weight is 278 g/mol. The van der Waals surface area contributed by atoms with Gasteiger partial charge in [0.1, 0.15) is 0 Å². The molecule has 2 heterocycles. The fourth-order valence-electron chi connectivity index (χ4n) is 2.08. The molecule has 7 heteroatoms. The smallest absolute Gasteiger partial charge is 0.251 e. The van der Waals surface area contributed by atoms with E-state index in [0.717, 1.165) is 5.56 Å². The number of aromatic amines is 1. The third-order valence-corrected chi connectivity index (χ3v) is 3.33. The Bertz CT molecular complexity index is 626. The zero-order chi connectivity index (χ0) is 13.4. The van der Waals surface area contributed by atoms with Crippen LogP contribution >= 0.6 is 11.6 Å². The maximum absolute atomic E-state index is 11.7. The van der Waals surface area contributed by atoms with Crippen LogP contribution in [0.5, 0.6) is 0 Å². The molecule has 19 heavy (non-hydrogen) atoms. The van der Waals surface area contributed by atoms with Crippen molar-refractivity contribution in [2.75, 3.05) is 11.4 Å². The van der Waals surface area contributed by atoms with Crippen molar-refractivity contribution in [3.8, 4) is 11.4 Å². The van der Waals surface area contributed by atoms with Gasteiger partial charge in [0.2, 0.25) is 5.91 Å². The predicted octanol–water partition coefficient (Wildman–Crippen LogP) is 1.19. The monoisotopic (exact) mass is 277 g/mol. The van der Waals surface area contributed by atoms with Crippen molar-refractivity contribution in [1.29, 1.82) is 0 Å². The Labute approximate surface area is 114 Å². The molecule has 2 aromatic rings. The molecule has 1 amide bonds. The summed E-state index contributed by atoms with van der Waals surface area (Å²) in [5.41, 5.74) is 6.49. The van der Waals surface area contributed by atoms with Gasteiger partial charge in [0.05, 0.1) is 5.02 Å². The van der Waals surface area contributed by atoms with E-state index in [9.17, 15) is 4.79 Å². The quantitative estimate of drug-likeness (QED) is 0.863. The lowest BCUT2D eigenvalue weighted by molar-refractivity contribution is -0.117. The molecule has 1 unspecified atom stereocenters. The molecule has 0 bridgehead atoms. The Kier molecular flexibility index (Phi) is 2.96. The van der Waals surface area contributed by atoms with E-state index in [4.69, 9.17) is 17.3 Å². The van der Waals surface area contributed by atoms with E-state index in [0.29, 0.717) is 29.8 Å². The van der Waals surface area contributed by atoms with Gasteiger partial charge in [0, 0.05) is 24.6 Å². The Hall–Kier alpha value is -1.92. The first kappa shape index (κ1) is 12.1. The minimum atomic E-state index is -0.158. The topological polar surface area (TPSA) is 87.9 Å². The molecule has 1 saturated heterocycles. The standard InChI is InChI=1S/C12H12ClN5O/c13-9-4-2-1-3-8(9)11-15-12(17-16-11)18-6-7(14)5-10(18)19/h1-4,7H,5-6,14H2,(H,15,16,17). The van der Waals surface area contributed by atoms with Crippen molar-refractivity contribution in [3.05, 3.63) is 29.3 Å². The third kappa shape index (κ3) is 2.20. The highest BCUT2D eigenvalue weighted by molar-refractivity contribution is 6.33. The summed E-state index contributed by atoms with van der Waals surface area (Å²) in [5, 5.41) is 7.43. The maximum atomic E-state index is 11.7. The molecule has 6 nitrogen and oxygen atoms in total. The molecule has 1 aliphatic rings. The van der Waals surface area contributed by atoms with E-state index in [1.54, 1.807) is 6.07 Å². The van der Waals surface area contributed by atoms with Gasteiger partial charge in [-0.05, 0) is 12.1 Å². The molecule has 1 fully saturated rings. The van der Waals surface area contributed by atoms with Gasteiger partial charge in [-0.25, -0.2) is 0 Å². The highest BCUT2D eigenvalue weighted by Crippen LogP contribution is 2.26. The summed E-state index contributed by atoms with van der Waals surface area (Å²) in [4.78, 5) is 17.5. The summed E-state index contributed by atoms with van der Waals surface area (Å²) in [6, 6.07) is 7.15. The molecule has 3 rings (SSSR count). The van der Waals surface area contributed by atoms with Crippen LogP contribution in [-0.4, -0.2) is 33.7 Å². The predicted molar refractivity (Wildman–Crippen MR) is 71.8 cm³/mol. The van der Waals surface area contributed by atoms with Crippen LogP contribution in [0, 0.1) is 0 Å². The normalized spacial score (nSPS) is 19.2. The summed E-state index contributed by atoms with van der Waals surface area (Å²) >= 11 is 6.09. The first-order chi connectivity index (χ1) is 9.15. The number of amides is 1. The number of carbonyl (C=O) groups is 1. The van der Waals surface area contributed by atoms with Crippen molar-refractivity contribution in [2.45, 2.75) is 12.5 Å². The number of nitrogens with two attached hydrogens (primary N) is 1. The average Bonchev–Trinajstić information content (AvgIpc) is 2.96. The zero-order valence-corrected chi connectivity index (χ0v) is 10.8. The Balaban J connectivity index is 1.92. The van der Waals surface area contributed by atoms with Gasteiger partial charge >= 0.3 is 0 Å². The largest absolute Gasteiger partial charge is 0.326 e. The maximum Gasteiger partial charge on any atom is 0.251 e. The minimum absolute atomic E-state index is 0.0581. The number of hydrogen-bond donors (Lipinski definition) is 2. The first-order valence-electron chi connectivity index (χ1n) is 5.88. The van der Waals surface area contributed by atoms with E-state index in [2.05, 4.69) is 15.2 Å². The van der Waals surface area contributed by atoms with E-state index in [-0.39, 0.29) is 11.9 Å². The molecule has 0 radical (unpaired) electrons. The summed E-state index contributed by atoms with van der Waals surface area (Å²) in [6.45, 7) is 0.443. The minimum Gasteiger partial charge on any atom is -0.326 e. The second-order valence-corrected chi connectivity index (χ2v) is 4.84. The number of halogens is 1. The second-order valence-electron chi connectivity index (χ2n) is 4.43. The molecule has 3 N–H and O–H groups in total. The van der Waals surface area contributed by atoms with Crippen LogP contribution in [0.2, 0.25) is 5.02 Å². The first-order valence-corrected chi connectivity index (χ1v) is 6.26. The van der Waals surface area contributed by atoms with E-state index < -0.39 is 0 Å². The summed E-state index contributed by atoms with van der Waals surface area (Å²) in [6.07, 6.45) is 0.329. The molecular formula is C12H12ClN5O. The van der Waals surface area contributed by atoms with Crippen LogP contribution in [0.3, 0.4) is 0 Å². The van der Waals surface area contributed by atoms with Crippen LogP contribution in [0.25, 0.3) is 11.4 Å². The molecule has 0 aliphatic carbocycles. The fourth-order valence-corrected chi connectivity index (χ4v) is 2.30. The van der Waals surface area contributed by atoms with Crippen LogP contribution in [0.15, 0.2) is 24.3 Å². The second kappa shape index (κ2) is 4.64. The van der Waals surface area contributed by atoms with E-state index in [1.807, 2.05) is 18.2 Å². The summed E-state index contributed by atoms with van der Waals surface area (Å²) in [7, 11) is 0. The number of anilines is 1. The fraction of sp³-hybridized carbons (Fsp3) is 0.250. The molecule has 0 spiro atoms. The third-order valence-electron chi connectivity index (χ3n) is 3.00. The molecule has 1 aliphatic heterocycles. The van der Waals surface area contributed by atoms with Crippen molar-refractivity contribution < 1.29 is 4.79 Å². The number of benzene rings is 1. The van der Waals surface area contributed by atoms with Crippen molar-refractivity contribution in [3.63, 3.8) is 0 Å². The number of carbonyl (C=O) groups excluding carboxylic acids is 1. The van der Waals surface area contributed by atoms with Gasteiger partial charge in [-0.1, -0.05) is 23.7 Å². The number of H-pyrrole nitrogens is 1. The summed E-state index contributed by atoms with van der Waals surface area (Å²) in [5.74, 6) is 0.818. The van der Waals surface area contributed by atoms with Crippen molar-refractivity contribution >= 4 is 23.5 Å². The highest BCUT2D eigenvalue weighted by Gasteiger charge is 2.30. The van der Waals surface area contributed by atoms with Gasteiger partial charge in [-0.2, -0.15) is 4.98 Å². The Morgan fingerprint density at radius 3 is 2.89 bits per heavy atom. The van der Waals surface area contributed by atoms with Crippen LogP contribution in [0.1, 0.15) is 6.42 Å². The molecule has 98 valence electrons. The van der Waals surface area contributed by atoms with Crippen LogP contribution < -0.4 is 10.6 Å². The molecule has 0 saturated carbocycles. The number of aromatic nitrogens is 3. The lowest BCUT2D eigenvalue weighted by atomic mass is 10.2. The SMILES string of the molecule is NC1CC(=O)N(c2n[nH]c(-c3ccccc3Cl)n2)C1. The van der Waals surface area contributed by atoms with Gasteiger partial charge in [-0.15, -0.1) is 5.10 Å². The number of nitrogens with zero attached hydrogens (tertiary/aromatic N) is 3. The lowest BCUT2D eigenvalue weighted by Gasteiger charge is -2.09. The number of rotatable bonds is 2. The zero-order valence-electron chi connectivity index (χ0n) is 10.0. The molecule has 1 aromatic carbocycles. The number of hydrogen-bond acceptors (Lipinski definition) is 4. The summed E-state index contributed by atoms with van der Waals surface area (Å²) < 4.78 is 0. The Morgan fingerprint density at radius 1 is 1.42 bits per heavy atom. The van der Waals surface area contributed by atoms with Gasteiger partial charge < -0.3 is 5.73 Å². The van der Waals surface area contributed by atoms with Crippen molar-refractivity contribution in [2.24, 2.45) is 5.73 Å². The van der Waals surface area contributed by atoms with Crippen LogP contribution in [0.4, 0.5) is 5.95 Å². The van der Waals surface area contributed by atoms with Crippen LogP contribution in [-0.2, 0) is 4.79 Å². The number of nitrogens with one attached hydrogen (secondary N) is 1. The van der Waals surface area contributed by atoms with E-state index >= 15 is 0 Å². The Morgan fingerprint density at radius 2 is 2.21 bits per heavy atom. The van der Waals surface area contributed by atoms with Gasteiger partial charge in [-0.3, -0.25) is 14.8 Å². The van der Waals surface area contributed by atoms with E-state index in [1.165, 1.54) is 4.90 Å². The van der Waals surface area contributed by atoms with Crippen molar-refractivity contribution in [1.82, 2.24) is 15.2 Å². The van der Waals surface area contributed by atoms with Gasteiger partial charge in [0.15, 0.2) is 5.82 Å². The van der Waals surface area contributed by atoms with Gasteiger partial charge in [0.25, 0.3) is 5.95 Å². The molecule has 1 aromatic heterocycles. The molecule has 1 atom stereocenters. The lowest BCUT2D eigenvalue weighted by Crippen LogP contribution is -2.28. The molecular weight excluding hydrogens is 266 g/mol.